The molecule has 2 aliphatic rings. The number of ketones is 1. The summed E-state index contributed by atoms with van der Waals surface area (Å²) in [6, 6.07) is 13.3. The molecule has 1 unspecified atom stereocenters. The monoisotopic (exact) mass is 498 g/mol. The number of likely N-dealkylation sites (tertiary alicyclic amines) is 1. The van der Waals surface area contributed by atoms with Gasteiger partial charge in [0.05, 0.1) is 31.4 Å². The van der Waals surface area contributed by atoms with E-state index in [2.05, 4.69) is 4.90 Å². The molecule has 2 heterocycles. The highest BCUT2D eigenvalue weighted by Gasteiger charge is 2.45. The summed E-state index contributed by atoms with van der Waals surface area (Å²) in [5, 5.41) is 11.8. The van der Waals surface area contributed by atoms with Crippen LogP contribution in [0.15, 0.2) is 54.1 Å². The summed E-state index contributed by atoms with van der Waals surface area (Å²) in [4.78, 5) is 30.2. The summed E-state index contributed by atoms with van der Waals surface area (Å²) in [6.07, 6.45) is 1.55. The van der Waals surface area contributed by atoms with Gasteiger partial charge in [0.1, 0.15) is 11.5 Å². The Kier molecular flexibility index (Phi) is 8.44. The quantitative estimate of drug-likeness (QED) is 0.316. The average molecular weight is 499 g/mol. The molecule has 2 fully saturated rings. The highest BCUT2D eigenvalue weighted by atomic mass is 35.5. The molecule has 0 bridgehead atoms. The molecule has 1 N–H and O–H groups in total. The first-order valence-electron chi connectivity index (χ1n) is 12.1. The number of halogens is 1. The summed E-state index contributed by atoms with van der Waals surface area (Å²) in [5.41, 5.74) is 1.18. The molecule has 2 aromatic rings. The van der Waals surface area contributed by atoms with Crippen LogP contribution in [0.25, 0.3) is 5.76 Å². The zero-order valence-electron chi connectivity index (χ0n) is 19.9. The third-order valence-corrected chi connectivity index (χ3v) is 6.50. The zero-order valence-corrected chi connectivity index (χ0v) is 20.7. The normalized spacial score (nSPS) is 20.4. The van der Waals surface area contributed by atoms with E-state index in [1.54, 1.807) is 47.4 Å². The number of benzene rings is 2. The molecule has 35 heavy (non-hydrogen) atoms. The van der Waals surface area contributed by atoms with Crippen molar-refractivity contribution < 1.29 is 24.2 Å². The van der Waals surface area contributed by atoms with E-state index in [9.17, 15) is 14.7 Å². The number of nitrogens with zero attached hydrogens (tertiary/aromatic N) is 2. The molecule has 2 saturated heterocycles. The second-order valence-corrected chi connectivity index (χ2v) is 9.17. The van der Waals surface area contributed by atoms with E-state index >= 15 is 0 Å². The zero-order chi connectivity index (χ0) is 24.8. The van der Waals surface area contributed by atoms with Crippen molar-refractivity contribution in [2.24, 2.45) is 0 Å². The molecule has 1 atom stereocenters. The van der Waals surface area contributed by atoms with Gasteiger partial charge in [-0.1, -0.05) is 42.8 Å². The molecule has 0 spiro atoms. The Balaban J connectivity index is 1.66. The van der Waals surface area contributed by atoms with Crippen molar-refractivity contribution in [3.63, 3.8) is 0 Å². The summed E-state index contributed by atoms with van der Waals surface area (Å²) >= 11 is 6.26. The molecule has 2 aliphatic heterocycles. The van der Waals surface area contributed by atoms with E-state index in [4.69, 9.17) is 21.1 Å². The van der Waals surface area contributed by atoms with Crippen molar-refractivity contribution in [2.45, 2.75) is 25.8 Å². The molecule has 0 radical (unpaired) electrons. The van der Waals surface area contributed by atoms with Gasteiger partial charge in [-0.3, -0.25) is 14.5 Å². The van der Waals surface area contributed by atoms with Crippen molar-refractivity contribution in [1.29, 1.82) is 0 Å². The van der Waals surface area contributed by atoms with Crippen LogP contribution in [-0.4, -0.2) is 72.6 Å². The molecule has 4 rings (SSSR count). The van der Waals surface area contributed by atoms with Gasteiger partial charge in [0.15, 0.2) is 0 Å². The number of aliphatic hydroxyl groups is 1. The first-order chi connectivity index (χ1) is 17.0. The predicted octanol–water partition coefficient (Wildman–Crippen LogP) is 4.27. The lowest BCUT2D eigenvalue weighted by Crippen LogP contribution is -2.38. The van der Waals surface area contributed by atoms with Gasteiger partial charge in [-0.2, -0.15) is 0 Å². The number of amides is 1. The Hall–Kier alpha value is -2.87. The Bertz CT molecular complexity index is 1100. The van der Waals surface area contributed by atoms with Gasteiger partial charge in [0.2, 0.25) is 0 Å². The van der Waals surface area contributed by atoms with Crippen molar-refractivity contribution in [1.82, 2.24) is 9.80 Å². The number of morpholine rings is 1. The van der Waals surface area contributed by atoms with Gasteiger partial charge in [0.25, 0.3) is 11.7 Å². The van der Waals surface area contributed by atoms with Crippen LogP contribution in [0.4, 0.5) is 0 Å². The molecular formula is C27H31ClN2O5. The number of rotatable bonds is 9. The lowest BCUT2D eigenvalue weighted by atomic mass is 9.95. The Morgan fingerprint density at radius 2 is 1.89 bits per heavy atom. The molecule has 8 heteroatoms. The Morgan fingerprint density at radius 3 is 2.63 bits per heavy atom. The molecule has 0 aromatic heterocycles. The predicted molar refractivity (Wildman–Crippen MR) is 135 cm³/mol. The number of ether oxygens (including phenoxy) is 2. The molecule has 186 valence electrons. The van der Waals surface area contributed by atoms with Crippen LogP contribution in [0.1, 0.15) is 36.9 Å². The minimum absolute atomic E-state index is 0.0660. The first-order valence-corrected chi connectivity index (χ1v) is 12.4. The van der Waals surface area contributed by atoms with E-state index in [0.717, 1.165) is 26.1 Å². The number of hydrogen-bond acceptors (Lipinski definition) is 6. The van der Waals surface area contributed by atoms with Crippen molar-refractivity contribution in [3.8, 4) is 5.75 Å². The van der Waals surface area contributed by atoms with E-state index < -0.39 is 17.7 Å². The topological polar surface area (TPSA) is 79.3 Å². The van der Waals surface area contributed by atoms with E-state index in [1.807, 2.05) is 13.0 Å². The van der Waals surface area contributed by atoms with Crippen LogP contribution in [0.5, 0.6) is 5.75 Å². The lowest BCUT2D eigenvalue weighted by Gasteiger charge is -2.29. The number of Topliss-reactive ketones (excluding diaryl/α,β-unsaturated/α-hetero) is 1. The summed E-state index contributed by atoms with van der Waals surface area (Å²) in [5.74, 6) is -0.934. The number of carbonyl (C=O) groups excluding carboxylic acids is 2. The summed E-state index contributed by atoms with van der Waals surface area (Å²) < 4.78 is 11.1. The smallest absolute Gasteiger partial charge is 0.295 e. The van der Waals surface area contributed by atoms with Gasteiger partial charge >= 0.3 is 0 Å². The minimum Gasteiger partial charge on any atom is -0.507 e. The molecule has 2 aromatic carbocycles. The molecule has 0 saturated carbocycles. The van der Waals surface area contributed by atoms with E-state index in [-0.39, 0.29) is 11.3 Å². The maximum absolute atomic E-state index is 13.2. The fourth-order valence-electron chi connectivity index (χ4n) is 4.53. The van der Waals surface area contributed by atoms with Crippen molar-refractivity contribution >= 4 is 29.1 Å². The number of aliphatic hydroxyl groups excluding tert-OH is 1. The number of hydrogen-bond donors (Lipinski definition) is 1. The third-order valence-electron chi connectivity index (χ3n) is 6.26. The fraction of sp³-hybridized carbons (Fsp3) is 0.407. The summed E-state index contributed by atoms with van der Waals surface area (Å²) in [6.45, 7) is 6.85. The standard InChI is InChI=1S/C27H31ClN2O5/c1-2-14-35-22-9-4-7-20(18-22)25(31)23-24(19-6-3-8-21(28)17-19)30(27(33)26(23)32)11-5-10-29-12-15-34-16-13-29/h3-4,6-9,17-18,24,31H,2,5,10-16H2,1H3. The molecule has 0 aliphatic carbocycles. The minimum atomic E-state index is -0.724. The largest absolute Gasteiger partial charge is 0.507 e. The maximum Gasteiger partial charge on any atom is 0.295 e. The van der Waals surface area contributed by atoms with Gasteiger partial charge in [-0.15, -0.1) is 0 Å². The van der Waals surface area contributed by atoms with Crippen LogP contribution in [0.2, 0.25) is 5.02 Å². The van der Waals surface area contributed by atoms with Gasteiger partial charge in [0, 0.05) is 36.8 Å². The van der Waals surface area contributed by atoms with E-state index in [1.165, 1.54) is 0 Å². The second-order valence-electron chi connectivity index (χ2n) is 8.73. The second kappa shape index (κ2) is 11.7. The highest BCUT2D eigenvalue weighted by molar-refractivity contribution is 6.46. The van der Waals surface area contributed by atoms with Crippen molar-refractivity contribution in [3.05, 3.63) is 70.3 Å². The van der Waals surface area contributed by atoms with Gasteiger partial charge in [-0.05, 0) is 42.7 Å². The van der Waals surface area contributed by atoms with Gasteiger partial charge < -0.3 is 19.5 Å². The molecular weight excluding hydrogens is 468 g/mol. The summed E-state index contributed by atoms with van der Waals surface area (Å²) in [7, 11) is 0. The van der Waals surface area contributed by atoms with Crippen LogP contribution < -0.4 is 4.74 Å². The van der Waals surface area contributed by atoms with Crippen LogP contribution in [0.3, 0.4) is 0 Å². The number of carbonyl (C=O) groups is 2. The Labute approximate surface area is 210 Å². The third kappa shape index (κ3) is 5.86. The van der Waals surface area contributed by atoms with Crippen LogP contribution in [0, 0.1) is 0 Å². The van der Waals surface area contributed by atoms with Crippen LogP contribution >= 0.6 is 11.6 Å². The van der Waals surface area contributed by atoms with Crippen LogP contribution in [-0.2, 0) is 14.3 Å². The highest BCUT2D eigenvalue weighted by Crippen LogP contribution is 2.40. The SMILES string of the molecule is CCCOc1cccc(C(O)=C2C(=O)C(=O)N(CCCN3CCOCC3)C2c2cccc(Cl)c2)c1. The Morgan fingerprint density at radius 1 is 1.11 bits per heavy atom. The lowest BCUT2D eigenvalue weighted by molar-refractivity contribution is -0.140. The maximum atomic E-state index is 13.2. The van der Waals surface area contributed by atoms with Gasteiger partial charge in [-0.25, -0.2) is 0 Å². The molecule has 1 amide bonds. The fourth-order valence-corrected chi connectivity index (χ4v) is 4.73. The molecule has 7 nitrogen and oxygen atoms in total. The average Bonchev–Trinajstić information content (AvgIpc) is 3.13. The first kappa shape index (κ1) is 25.2. The van der Waals surface area contributed by atoms with E-state index in [0.29, 0.717) is 54.7 Å². The van der Waals surface area contributed by atoms with Crippen molar-refractivity contribution in [2.75, 3.05) is 46.0 Å².